The van der Waals surface area contributed by atoms with Crippen molar-refractivity contribution in [3.05, 3.63) is 107 Å². The summed E-state index contributed by atoms with van der Waals surface area (Å²) in [6.07, 6.45) is 1.09. The zero-order valence-corrected chi connectivity index (χ0v) is 21.0. The smallest absolute Gasteiger partial charge is 0.276 e. The third-order valence-corrected chi connectivity index (χ3v) is 6.55. The van der Waals surface area contributed by atoms with E-state index in [1.54, 1.807) is 0 Å². The Morgan fingerprint density at radius 1 is 0.882 bits per heavy atom. The minimum absolute atomic E-state index is 0.0452. The van der Waals surface area contributed by atoms with Crippen LogP contribution in [0.1, 0.15) is 54.8 Å². The van der Waals surface area contributed by atoms with E-state index in [2.05, 4.69) is 74.3 Å². The molecule has 174 valence electrons. The van der Waals surface area contributed by atoms with Crippen LogP contribution in [-0.2, 0) is 6.42 Å². The number of thioether (sulfide) groups is 1. The number of para-hydroxylation sites is 1. The maximum absolute atomic E-state index is 6.05. The molecule has 0 fully saturated rings. The summed E-state index contributed by atoms with van der Waals surface area (Å²) >= 11 is 1.52. The van der Waals surface area contributed by atoms with Gasteiger partial charge in [0.1, 0.15) is 0 Å². The fourth-order valence-electron chi connectivity index (χ4n) is 3.87. The van der Waals surface area contributed by atoms with Crippen LogP contribution in [0.2, 0.25) is 0 Å². The molecule has 4 aromatic rings. The Morgan fingerprint density at radius 3 is 2.29 bits per heavy atom. The molecule has 4 nitrogen and oxygen atoms in total. The second kappa shape index (κ2) is 11.3. The van der Waals surface area contributed by atoms with Gasteiger partial charge < -0.3 is 4.42 Å². The van der Waals surface area contributed by atoms with E-state index in [1.807, 2.05) is 42.5 Å². The van der Waals surface area contributed by atoms with Crippen LogP contribution in [-0.4, -0.2) is 21.7 Å². The van der Waals surface area contributed by atoms with Crippen LogP contribution in [0.4, 0.5) is 5.69 Å². The van der Waals surface area contributed by atoms with Crippen LogP contribution in [0.15, 0.2) is 93.5 Å². The highest BCUT2D eigenvalue weighted by molar-refractivity contribution is 7.99. The third kappa shape index (κ3) is 6.23. The van der Waals surface area contributed by atoms with Gasteiger partial charge in [-0.05, 0) is 60.6 Å². The van der Waals surface area contributed by atoms with E-state index in [4.69, 9.17) is 9.41 Å². The topological polar surface area (TPSA) is 51.3 Å². The molecule has 0 radical (unpaired) electrons. The fraction of sp³-hybridized carbons (Fsp3) is 0.276. The van der Waals surface area contributed by atoms with Crippen LogP contribution in [0.3, 0.4) is 0 Å². The quantitative estimate of drug-likeness (QED) is 0.187. The SMILES string of the molecule is Cc1ccccc1C(CSc1nnc(C(C)c2ccc(CC(C)C)cc2)o1)=Nc1ccccc1. The Morgan fingerprint density at radius 2 is 1.59 bits per heavy atom. The molecule has 4 rings (SSSR count). The van der Waals surface area contributed by atoms with Crippen molar-refractivity contribution in [3.63, 3.8) is 0 Å². The van der Waals surface area contributed by atoms with Crippen LogP contribution in [0.25, 0.3) is 0 Å². The van der Waals surface area contributed by atoms with Crippen LogP contribution >= 0.6 is 11.8 Å². The molecule has 0 amide bonds. The van der Waals surface area contributed by atoms with Gasteiger partial charge in [-0.15, -0.1) is 10.2 Å². The lowest BCUT2D eigenvalue weighted by Gasteiger charge is -2.10. The second-order valence-electron chi connectivity index (χ2n) is 8.97. The van der Waals surface area contributed by atoms with Gasteiger partial charge >= 0.3 is 0 Å². The molecule has 0 aliphatic heterocycles. The van der Waals surface area contributed by atoms with Gasteiger partial charge in [0.05, 0.1) is 17.3 Å². The molecule has 5 heteroatoms. The summed E-state index contributed by atoms with van der Waals surface area (Å²) in [6, 6.07) is 27.1. The molecular formula is C29H31N3OS. The highest BCUT2D eigenvalue weighted by atomic mass is 32.2. The van der Waals surface area contributed by atoms with Crippen LogP contribution < -0.4 is 0 Å². The molecule has 3 aromatic carbocycles. The largest absolute Gasteiger partial charge is 0.415 e. The number of aliphatic imine (C=N–C) groups is 1. The van der Waals surface area contributed by atoms with Gasteiger partial charge in [-0.1, -0.05) is 92.3 Å². The molecule has 1 aromatic heterocycles. The summed E-state index contributed by atoms with van der Waals surface area (Å²) in [5, 5.41) is 9.21. The lowest BCUT2D eigenvalue weighted by Crippen LogP contribution is -2.06. The van der Waals surface area contributed by atoms with E-state index in [-0.39, 0.29) is 5.92 Å². The van der Waals surface area contributed by atoms with E-state index in [0.717, 1.165) is 23.4 Å². The Labute approximate surface area is 206 Å². The summed E-state index contributed by atoms with van der Waals surface area (Å²) < 4.78 is 6.05. The molecular weight excluding hydrogens is 438 g/mol. The van der Waals surface area contributed by atoms with Crippen molar-refractivity contribution in [2.45, 2.75) is 45.3 Å². The Bertz CT molecular complexity index is 1230. The molecule has 0 saturated heterocycles. The average Bonchev–Trinajstić information content (AvgIpc) is 3.32. The first kappa shape index (κ1) is 24.0. The first-order valence-electron chi connectivity index (χ1n) is 11.7. The second-order valence-corrected chi connectivity index (χ2v) is 9.89. The predicted molar refractivity (Wildman–Crippen MR) is 141 cm³/mol. The number of hydrogen-bond acceptors (Lipinski definition) is 5. The van der Waals surface area contributed by atoms with E-state index in [9.17, 15) is 0 Å². The summed E-state index contributed by atoms with van der Waals surface area (Å²) in [5.41, 5.74) is 6.78. The molecule has 0 bridgehead atoms. The molecule has 1 heterocycles. The highest BCUT2D eigenvalue weighted by Crippen LogP contribution is 2.28. The van der Waals surface area contributed by atoms with Gasteiger partial charge in [0.2, 0.25) is 5.89 Å². The van der Waals surface area contributed by atoms with Crippen LogP contribution in [0, 0.1) is 12.8 Å². The van der Waals surface area contributed by atoms with Crippen LogP contribution in [0.5, 0.6) is 0 Å². The zero-order valence-electron chi connectivity index (χ0n) is 20.2. The van der Waals surface area contributed by atoms with E-state index < -0.39 is 0 Å². The molecule has 0 saturated carbocycles. The first-order valence-corrected chi connectivity index (χ1v) is 12.7. The monoisotopic (exact) mass is 469 g/mol. The zero-order chi connectivity index (χ0) is 23.9. The molecule has 1 unspecified atom stereocenters. The third-order valence-electron chi connectivity index (χ3n) is 5.72. The molecule has 0 aliphatic rings. The number of aromatic nitrogens is 2. The summed E-state index contributed by atoms with van der Waals surface area (Å²) in [4.78, 5) is 4.93. The molecule has 0 aliphatic carbocycles. The minimum Gasteiger partial charge on any atom is -0.415 e. The molecule has 0 N–H and O–H groups in total. The van der Waals surface area contributed by atoms with E-state index >= 15 is 0 Å². The van der Waals surface area contributed by atoms with Crippen molar-refractivity contribution in [2.75, 3.05) is 5.75 Å². The van der Waals surface area contributed by atoms with E-state index in [1.165, 1.54) is 28.5 Å². The minimum atomic E-state index is 0.0452. The Balaban J connectivity index is 1.49. The van der Waals surface area contributed by atoms with Gasteiger partial charge in [-0.25, -0.2) is 0 Å². The lowest BCUT2D eigenvalue weighted by atomic mass is 9.97. The standard InChI is InChI=1S/C29H31N3OS/c1-20(2)18-23-14-16-24(17-15-23)22(4)28-31-32-29(33-28)34-19-27(26-13-9-8-10-21(26)3)30-25-11-6-5-7-12-25/h5-17,20,22H,18-19H2,1-4H3. The number of hydrogen-bond donors (Lipinski definition) is 0. The number of aryl methyl sites for hydroxylation is 1. The fourth-order valence-corrected chi connectivity index (χ4v) is 4.59. The number of benzene rings is 3. The lowest BCUT2D eigenvalue weighted by molar-refractivity contribution is 0.404. The molecule has 0 spiro atoms. The summed E-state index contributed by atoms with van der Waals surface area (Å²) in [6.45, 7) is 8.70. The van der Waals surface area contributed by atoms with Crippen molar-refractivity contribution in [2.24, 2.45) is 10.9 Å². The van der Waals surface area contributed by atoms with Crippen molar-refractivity contribution in [1.82, 2.24) is 10.2 Å². The summed E-state index contributed by atoms with van der Waals surface area (Å²) in [7, 11) is 0. The van der Waals surface area contributed by atoms with Crippen molar-refractivity contribution < 1.29 is 4.42 Å². The van der Waals surface area contributed by atoms with E-state index in [0.29, 0.717) is 22.8 Å². The molecule has 34 heavy (non-hydrogen) atoms. The molecule has 1 atom stereocenters. The van der Waals surface area contributed by atoms with Gasteiger partial charge in [-0.2, -0.15) is 0 Å². The highest BCUT2D eigenvalue weighted by Gasteiger charge is 2.17. The maximum atomic E-state index is 6.05. The van der Waals surface area contributed by atoms with Gasteiger partial charge in [0.25, 0.3) is 5.22 Å². The van der Waals surface area contributed by atoms with Gasteiger partial charge in [0, 0.05) is 5.75 Å². The number of nitrogens with zero attached hydrogens (tertiary/aromatic N) is 3. The first-order chi connectivity index (χ1) is 16.5. The Kier molecular flexibility index (Phi) is 7.96. The normalized spacial score (nSPS) is 12.8. The Hall–Kier alpha value is -3.18. The van der Waals surface area contributed by atoms with Crippen molar-refractivity contribution >= 4 is 23.2 Å². The van der Waals surface area contributed by atoms with Gasteiger partial charge in [0.15, 0.2) is 0 Å². The average molecular weight is 470 g/mol. The predicted octanol–water partition coefficient (Wildman–Crippen LogP) is 7.64. The van der Waals surface area contributed by atoms with Crippen molar-refractivity contribution in [1.29, 1.82) is 0 Å². The number of rotatable bonds is 9. The van der Waals surface area contributed by atoms with Crippen molar-refractivity contribution in [3.8, 4) is 0 Å². The maximum Gasteiger partial charge on any atom is 0.276 e. The summed E-state index contributed by atoms with van der Waals surface area (Å²) in [5.74, 6) is 1.97. The van der Waals surface area contributed by atoms with Gasteiger partial charge in [-0.3, -0.25) is 4.99 Å².